The minimum atomic E-state index is -0.225. The van der Waals surface area contributed by atoms with Crippen LogP contribution in [0.15, 0.2) is 83.9 Å². The number of carbonyl (C=O) groups is 1. The number of carbonyl (C=O) groups excluding carboxylic acids is 1. The minimum Gasteiger partial charge on any atom is -0.309 e. The molecule has 0 unspecified atom stereocenters. The lowest BCUT2D eigenvalue weighted by Crippen LogP contribution is -2.48. The van der Waals surface area contributed by atoms with E-state index in [1.165, 1.54) is 11.6 Å². The summed E-state index contributed by atoms with van der Waals surface area (Å²) < 4.78 is 1.78. The van der Waals surface area contributed by atoms with Crippen molar-refractivity contribution in [1.82, 2.24) is 14.7 Å². The molecule has 164 valence electrons. The lowest BCUT2D eigenvalue weighted by molar-refractivity contribution is -0.115. The summed E-state index contributed by atoms with van der Waals surface area (Å²) in [6.07, 6.45) is 6.07. The maximum atomic E-state index is 13.3. The van der Waals surface area contributed by atoms with Crippen LogP contribution in [0.2, 0.25) is 0 Å². The van der Waals surface area contributed by atoms with Gasteiger partial charge in [0.25, 0.3) is 5.91 Å². The summed E-state index contributed by atoms with van der Waals surface area (Å²) >= 11 is 4.35. The molecular weight excluding hydrogens is 418 g/mol. The molecular formula is C25H27N5OS. The SMILES string of the molecule is N=C/C=C(\S)C(=O)N(c1ccn(-c2ccccc2)n1)C1CCN(Cc2ccccc2)CC1. The molecule has 0 bridgehead atoms. The zero-order chi connectivity index (χ0) is 22.3. The number of likely N-dealkylation sites (tertiary alicyclic amines) is 1. The highest BCUT2D eigenvalue weighted by Crippen LogP contribution is 2.26. The Kier molecular flexibility index (Phi) is 7.19. The van der Waals surface area contributed by atoms with Crippen LogP contribution < -0.4 is 4.90 Å². The Labute approximate surface area is 194 Å². The van der Waals surface area contributed by atoms with Crippen molar-refractivity contribution in [3.8, 4) is 5.69 Å². The van der Waals surface area contributed by atoms with E-state index in [9.17, 15) is 4.79 Å². The van der Waals surface area contributed by atoms with Crippen LogP contribution in [-0.2, 0) is 11.3 Å². The summed E-state index contributed by atoms with van der Waals surface area (Å²) in [5, 5.41) is 12.0. The number of hydrogen-bond donors (Lipinski definition) is 2. The number of thiol groups is 1. The molecule has 7 heteroatoms. The van der Waals surface area contributed by atoms with Crippen molar-refractivity contribution in [2.75, 3.05) is 18.0 Å². The number of nitrogens with one attached hydrogen (secondary N) is 1. The predicted octanol–water partition coefficient (Wildman–Crippen LogP) is 4.33. The van der Waals surface area contributed by atoms with Gasteiger partial charge in [-0.3, -0.25) is 14.6 Å². The van der Waals surface area contributed by atoms with Crippen LogP contribution in [0.25, 0.3) is 5.69 Å². The summed E-state index contributed by atoms with van der Waals surface area (Å²) in [4.78, 5) is 17.7. The highest BCUT2D eigenvalue weighted by molar-refractivity contribution is 7.85. The molecule has 1 aliphatic rings. The third-order valence-electron chi connectivity index (χ3n) is 5.69. The molecule has 0 spiro atoms. The van der Waals surface area contributed by atoms with Gasteiger partial charge in [0.15, 0.2) is 5.82 Å². The number of hydrogen-bond acceptors (Lipinski definition) is 5. The van der Waals surface area contributed by atoms with Gasteiger partial charge in [-0.25, -0.2) is 4.68 Å². The fourth-order valence-electron chi connectivity index (χ4n) is 4.08. The molecule has 1 amide bonds. The van der Waals surface area contributed by atoms with Gasteiger partial charge in [-0.1, -0.05) is 48.5 Å². The Morgan fingerprint density at radius 2 is 1.72 bits per heavy atom. The predicted molar refractivity (Wildman–Crippen MR) is 132 cm³/mol. The average Bonchev–Trinajstić information content (AvgIpc) is 3.31. The van der Waals surface area contributed by atoms with E-state index in [-0.39, 0.29) is 16.9 Å². The molecule has 0 aliphatic carbocycles. The lowest BCUT2D eigenvalue weighted by atomic mass is 10.0. The van der Waals surface area contributed by atoms with Gasteiger partial charge in [-0.2, -0.15) is 0 Å². The van der Waals surface area contributed by atoms with E-state index in [0.29, 0.717) is 5.82 Å². The molecule has 1 aromatic heterocycles. The topological polar surface area (TPSA) is 65.2 Å². The Hall–Kier alpha value is -3.16. The molecule has 2 heterocycles. The monoisotopic (exact) mass is 445 g/mol. The molecule has 1 aliphatic heterocycles. The number of anilines is 1. The second-order valence-electron chi connectivity index (χ2n) is 7.84. The maximum absolute atomic E-state index is 13.3. The molecule has 0 radical (unpaired) electrons. The van der Waals surface area contributed by atoms with Gasteiger partial charge in [0.2, 0.25) is 0 Å². The van der Waals surface area contributed by atoms with Crippen LogP contribution in [0.4, 0.5) is 5.82 Å². The largest absolute Gasteiger partial charge is 0.309 e. The van der Waals surface area contributed by atoms with E-state index in [1.807, 2.05) is 48.7 Å². The normalized spacial score (nSPS) is 15.5. The quantitative estimate of drug-likeness (QED) is 0.323. The highest BCUT2D eigenvalue weighted by Gasteiger charge is 2.31. The van der Waals surface area contributed by atoms with E-state index >= 15 is 0 Å². The number of benzene rings is 2. The fraction of sp³-hybridized carbons (Fsp3) is 0.240. The first-order chi connectivity index (χ1) is 15.7. The van der Waals surface area contributed by atoms with Crippen LogP contribution >= 0.6 is 12.6 Å². The third-order valence-corrected chi connectivity index (χ3v) is 6.03. The van der Waals surface area contributed by atoms with E-state index in [4.69, 9.17) is 10.5 Å². The Balaban J connectivity index is 1.53. The van der Waals surface area contributed by atoms with Gasteiger partial charge in [0.1, 0.15) is 0 Å². The summed E-state index contributed by atoms with van der Waals surface area (Å²) in [6, 6.07) is 22.2. The second-order valence-corrected chi connectivity index (χ2v) is 8.32. The van der Waals surface area contributed by atoms with Crippen molar-refractivity contribution in [2.45, 2.75) is 25.4 Å². The van der Waals surface area contributed by atoms with Gasteiger partial charge in [0.05, 0.1) is 10.6 Å². The van der Waals surface area contributed by atoms with Gasteiger partial charge in [0, 0.05) is 44.2 Å². The summed E-state index contributed by atoms with van der Waals surface area (Å²) in [6.45, 7) is 2.72. The van der Waals surface area contributed by atoms with Gasteiger partial charge < -0.3 is 5.41 Å². The smallest absolute Gasteiger partial charge is 0.265 e. The third kappa shape index (κ3) is 5.18. The second kappa shape index (κ2) is 10.4. The van der Waals surface area contributed by atoms with Crippen LogP contribution in [0.5, 0.6) is 0 Å². The molecule has 3 aromatic rings. The standard InChI is InChI=1S/C25H27N5OS/c26-15-11-23(32)25(31)30(24-14-18-29(27-24)21-9-5-2-6-10-21)22-12-16-28(17-13-22)19-20-7-3-1-4-8-20/h1-11,14-15,18,22,26,32H,12-13,16-17,19H2/b23-11-,26-15?. The zero-order valence-corrected chi connectivity index (χ0v) is 18.7. The number of amides is 1. The van der Waals surface area contributed by atoms with Crippen LogP contribution in [0.1, 0.15) is 18.4 Å². The van der Waals surface area contributed by atoms with Crippen molar-refractivity contribution in [1.29, 1.82) is 5.41 Å². The molecule has 4 rings (SSSR count). The highest BCUT2D eigenvalue weighted by atomic mass is 32.1. The molecule has 1 N–H and O–H groups in total. The Bertz CT molecular complexity index is 1070. The van der Waals surface area contributed by atoms with Gasteiger partial charge in [-0.05, 0) is 36.6 Å². The lowest BCUT2D eigenvalue weighted by Gasteiger charge is -2.37. The average molecular weight is 446 g/mol. The first-order valence-electron chi connectivity index (χ1n) is 10.8. The van der Waals surface area contributed by atoms with Crippen molar-refractivity contribution in [3.05, 3.63) is 89.5 Å². The number of aromatic nitrogens is 2. The van der Waals surface area contributed by atoms with Gasteiger partial charge >= 0.3 is 0 Å². The van der Waals surface area contributed by atoms with Crippen LogP contribution in [-0.4, -0.2) is 45.9 Å². The number of para-hydroxylation sites is 1. The summed E-state index contributed by atoms with van der Waals surface area (Å²) in [5.74, 6) is 0.377. The summed E-state index contributed by atoms with van der Waals surface area (Å²) in [7, 11) is 0. The van der Waals surface area contributed by atoms with Crippen LogP contribution in [0.3, 0.4) is 0 Å². The van der Waals surface area contributed by atoms with Gasteiger partial charge in [-0.15, -0.1) is 17.7 Å². The molecule has 6 nitrogen and oxygen atoms in total. The molecule has 1 saturated heterocycles. The Morgan fingerprint density at radius 3 is 2.38 bits per heavy atom. The number of allylic oxidation sites excluding steroid dienone is 1. The number of piperidine rings is 1. The van der Waals surface area contributed by atoms with E-state index in [1.54, 1.807) is 9.58 Å². The first kappa shape index (κ1) is 22.0. The summed E-state index contributed by atoms with van der Waals surface area (Å²) in [5.41, 5.74) is 2.23. The molecule has 1 fully saturated rings. The maximum Gasteiger partial charge on any atom is 0.265 e. The van der Waals surface area contributed by atoms with E-state index in [2.05, 4.69) is 41.8 Å². The number of rotatable bonds is 7. The first-order valence-corrected chi connectivity index (χ1v) is 11.2. The molecule has 32 heavy (non-hydrogen) atoms. The minimum absolute atomic E-state index is 0.0231. The van der Waals surface area contributed by atoms with Crippen molar-refractivity contribution < 1.29 is 4.79 Å². The fourth-order valence-corrected chi connectivity index (χ4v) is 4.26. The van der Waals surface area contributed by atoms with Crippen molar-refractivity contribution >= 4 is 30.6 Å². The molecule has 2 aromatic carbocycles. The molecule has 0 atom stereocenters. The van der Waals surface area contributed by atoms with Crippen molar-refractivity contribution in [2.24, 2.45) is 0 Å². The van der Waals surface area contributed by atoms with Crippen molar-refractivity contribution in [3.63, 3.8) is 0 Å². The zero-order valence-electron chi connectivity index (χ0n) is 17.8. The van der Waals surface area contributed by atoms with E-state index in [0.717, 1.165) is 44.4 Å². The Morgan fingerprint density at radius 1 is 1.06 bits per heavy atom. The number of nitrogens with zero attached hydrogens (tertiary/aromatic N) is 4. The molecule has 0 saturated carbocycles. The van der Waals surface area contributed by atoms with E-state index < -0.39 is 0 Å². The van der Waals surface area contributed by atoms with Crippen LogP contribution in [0, 0.1) is 5.41 Å².